The summed E-state index contributed by atoms with van der Waals surface area (Å²) in [5.41, 5.74) is 1.34. The molecule has 0 spiro atoms. The van der Waals surface area contributed by atoms with Crippen LogP contribution in [-0.4, -0.2) is 25.2 Å². The average Bonchev–Trinajstić information content (AvgIpc) is 2.40. The van der Waals surface area contributed by atoms with Crippen molar-refractivity contribution in [2.45, 2.75) is 17.9 Å². The van der Waals surface area contributed by atoms with Gasteiger partial charge in [-0.15, -0.1) is 23.5 Å². The van der Waals surface area contributed by atoms with E-state index in [9.17, 15) is 0 Å². The van der Waals surface area contributed by atoms with Crippen molar-refractivity contribution in [2.24, 2.45) is 0 Å². The summed E-state index contributed by atoms with van der Waals surface area (Å²) in [5.74, 6) is 4.20. The van der Waals surface area contributed by atoms with Gasteiger partial charge in [0.2, 0.25) is 0 Å². The molecule has 1 saturated heterocycles. The number of ether oxygens (including phenoxy) is 2. The summed E-state index contributed by atoms with van der Waals surface area (Å²) in [5, 5.41) is 0. The normalized spacial score (nSPS) is 16.8. The molecule has 1 heterocycles. The summed E-state index contributed by atoms with van der Waals surface area (Å²) >= 11 is 4.05. The van der Waals surface area contributed by atoms with E-state index < -0.39 is 0 Å². The van der Waals surface area contributed by atoms with E-state index in [-0.39, 0.29) is 0 Å². The van der Waals surface area contributed by atoms with Gasteiger partial charge in [-0.05, 0) is 42.5 Å². The van der Waals surface area contributed by atoms with Crippen LogP contribution in [0.2, 0.25) is 0 Å². The second-order valence-electron chi connectivity index (χ2n) is 3.77. The molecule has 0 N–H and O–H groups in total. The summed E-state index contributed by atoms with van der Waals surface area (Å²) < 4.78 is 11.5. The van der Waals surface area contributed by atoms with Crippen molar-refractivity contribution in [2.75, 3.05) is 25.2 Å². The molecule has 2 rings (SSSR count). The fourth-order valence-electron chi connectivity index (χ4n) is 1.79. The maximum atomic E-state index is 5.62. The van der Waals surface area contributed by atoms with E-state index in [0.29, 0.717) is 11.2 Å². The van der Waals surface area contributed by atoms with Crippen molar-refractivity contribution in [3.8, 4) is 11.5 Å². The molecule has 0 saturated carbocycles. The highest BCUT2D eigenvalue weighted by Gasteiger charge is 2.18. The molecule has 1 aliphatic rings. The van der Waals surface area contributed by atoms with E-state index in [1.165, 1.54) is 23.5 Å². The summed E-state index contributed by atoms with van der Waals surface area (Å²) in [7, 11) is 1.68. The minimum Gasteiger partial charge on any atom is -0.493 e. The molecule has 1 aromatic carbocycles. The van der Waals surface area contributed by atoms with Crippen molar-refractivity contribution in [1.82, 2.24) is 0 Å². The minimum absolute atomic E-state index is 0.550. The Hall–Kier alpha value is -0.480. The zero-order chi connectivity index (χ0) is 12.1. The van der Waals surface area contributed by atoms with Crippen LogP contribution in [-0.2, 0) is 0 Å². The lowest BCUT2D eigenvalue weighted by Gasteiger charge is -2.22. The molecule has 17 heavy (non-hydrogen) atoms. The monoisotopic (exact) mass is 270 g/mol. The Morgan fingerprint density at radius 3 is 2.65 bits per heavy atom. The van der Waals surface area contributed by atoms with Crippen molar-refractivity contribution in [1.29, 1.82) is 0 Å². The van der Waals surface area contributed by atoms with Gasteiger partial charge in [0.25, 0.3) is 0 Å². The van der Waals surface area contributed by atoms with Crippen molar-refractivity contribution in [3.05, 3.63) is 23.8 Å². The van der Waals surface area contributed by atoms with E-state index in [4.69, 9.17) is 9.47 Å². The summed E-state index contributed by atoms with van der Waals surface area (Å²) in [4.78, 5) is 0. The zero-order valence-corrected chi connectivity index (χ0v) is 11.9. The van der Waals surface area contributed by atoms with Crippen LogP contribution in [0, 0.1) is 0 Å². The first-order chi connectivity index (χ1) is 8.35. The Labute approximate surface area is 111 Å². The number of thioether (sulfide) groups is 2. The van der Waals surface area contributed by atoms with Gasteiger partial charge in [0, 0.05) is 0 Å². The first kappa shape index (κ1) is 13.0. The Morgan fingerprint density at radius 2 is 2.00 bits per heavy atom. The van der Waals surface area contributed by atoms with Gasteiger partial charge in [-0.2, -0.15) is 0 Å². The zero-order valence-electron chi connectivity index (χ0n) is 10.3. The van der Waals surface area contributed by atoms with Gasteiger partial charge in [-0.25, -0.2) is 0 Å². The van der Waals surface area contributed by atoms with Crippen LogP contribution in [0.3, 0.4) is 0 Å². The fraction of sp³-hybridized carbons (Fsp3) is 0.538. The van der Waals surface area contributed by atoms with Crippen LogP contribution >= 0.6 is 23.5 Å². The van der Waals surface area contributed by atoms with Gasteiger partial charge in [-0.1, -0.05) is 6.07 Å². The molecule has 0 aliphatic carbocycles. The molecular formula is C13H18O2S2. The number of rotatable bonds is 4. The van der Waals surface area contributed by atoms with Crippen molar-refractivity contribution < 1.29 is 9.47 Å². The van der Waals surface area contributed by atoms with E-state index >= 15 is 0 Å². The predicted octanol–water partition coefficient (Wildman–Crippen LogP) is 3.96. The Balaban J connectivity index is 2.19. The summed E-state index contributed by atoms with van der Waals surface area (Å²) in [6, 6.07) is 6.28. The van der Waals surface area contributed by atoms with Gasteiger partial charge < -0.3 is 9.47 Å². The van der Waals surface area contributed by atoms with Crippen LogP contribution < -0.4 is 9.47 Å². The quantitative estimate of drug-likeness (QED) is 0.824. The van der Waals surface area contributed by atoms with Crippen LogP contribution in [0.15, 0.2) is 18.2 Å². The molecular weight excluding hydrogens is 252 g/mol. The van der Waals surface area contributed by atoms with E-state index in [2.05, 4.69) is 12.1 Å². The number of benzene rings is 1. The molecule has 4 heteroatoms. The molecule has 1 fully saturated rings. The van der Waals surface area contributed by atoms with Crippen molar-refractivity contribution in [3.63, 3.8) is 0 Å². The summed E-state index contributed by atoms with van der Waals surface area (Å²) in [6.07, 6.45) is 1.32. The predicted molar refractivity (Wildman–Crippen MR) is 76.4 cm³/mol. The highest BCUT2D eigenvalue weighted by Crippen LogP contribution is 2.45. The third-order valence-corrected chi connectivity index (χ3v) is 5.60. The second-order valence-corrected chi connectivity index (χ2v) is 6.49. The average molecular weight is 270 g/mol. The Kier molecular flexibility index (Phi) is 4.92. The maximum absolute atomic E-state index is 5.62. The molecule has 0 radical (unpaired) electrons. The third-order valence-electron chi connectivity index (χ3n) is 2.59. The highest BCUT2D eigenvalue weighted by molar-refractivity contribution is 8.16. The SMILES string of the molecule is CCOc1cc(C2SCCCS2)ccc1OC. The first-order valence-electron chi connectivity index (χ1n) is 5.89. The second kappa shape index (κ2) is 6.45. The molecule has 2 nitrogen and oxygen atoms in total. The van der Waals surface area contributed by atoms with Crippen LogP contribution in [0.25, 0.3) is 0 Å². The Bertz CT molecular complexity index is 362. The fourth-order valence-corrected chi connectivity index (χ4v) is 4.66. The number of hydrogen-bond acceptors (Lipinski definition) is 4. The summed E-state index contributed by atoms with van der Waals surface area (Å²) in [6.45, 7) is 2.67. The van der Waals surface area contributed by atoms with Gasteiger partial charge >= 0.3 is 0 Å². The Morgan fingerprint density at radius 1 is 1.24 bits per heavy atom. The van der Waals surface area contributed by atoms with Gasteiger partial charge in [0.05, 0.1) is 18.3 Å². The largest absolute Gasteiger partial charge is 0.493 e. The molecule has 94 valence electrons. The molecule has 0 bridgehead atoms. The lowest BCUT2D eigenvalue weighted by atomic mass is 10.2. The van der Waals surface area contributed by atoms with Crippen LogP contribution in [0.1, 0.15) is 23.5 Å². The standard InChI is InChI=1S/C13H18O2S2/c1-3-15-12-9-10(5-6-11(12)14-2)13-16-7-4-8-17-13/h5-6,9,13H,3-4,7-8H2,1-2H3. The molecule has 1 aromatic rings. The topological polar surface area (TPSA) is 18.5 Å². The number of methoxy groups -OCH3 is 1. The third kappa shape index (κ3) is 3.26. The van der Waals surface area contributed by atoms with E-state index in [1.54, 1.807) is 7.11 Å². The molecule has 1 aliphatic heterocycles. The van der Waals surface area contributed by atoms with Crippen LogP contribution in [0.4, 0.5) is 0 Å². The van der Waals surface area contributed by atoms with E-state index in [0.717, 1.165) is 11.5 Å². The highest BCUT2D eigenvalue weighted by atomic mass is 32.2. The van der Waals surface area contributed by atoms with Gasteiger partial charge in [0.1, 0.15) is 0 Å². The van der Waals surface area contributed by atoms with Gasteiger partial charge in [0.15, 0.2) is 11.5 Å². The van der Waals surface area contributed by atoms with Crippen molar-refractivity contribution >= 4 is 23.5 Å². The molecule has 0 amide bonds. The first-order valence-corrected chi connectivity index (χ1v) is 7.99. The lowest BCUT2D eigenvalue weighted by Crippen LogP contribution is -2.02. The number of hydrogen-bond donors (Lipinski definition) is 0. The van der Waals surface area contributed by atoms with E-state index in [1.807, 2.05) is 36.5 Å². The maximum Gasteiger partial charge on any atom is 0.161 e. The molecule has 0 atom stereocenters. The minimum atomic E-state index is 0.550. The molecule has 0 unspecified atom stereocenters. The van der Waals surface area contributed by atoms with Gasteiger partial charge in [-0.3, -0.25) is 0 Å². The smallest absolute Gasteiger partial charge is 0.161 e. The molecule has 0 aromatic heterocycles. The lowest BCUT2D eigenvalue weighted by molar-refractivity contribution is 0.310. The van der Waals surface area contributed by atoms with Crippen LogP contribution in [0.5, 0.6) is 11.5 Å².